The smallest absolute Gasteiger partial charge is 0.115 e. The van der Waals surface area contributed by atoms with Gasteiger partial charge in [-0.05, 0) is 60.7 Å². The Bertz CT molecular complexity index is 700. The molecule has 3 heteroatoms. The highest BCUT2D eigenvalue weighted by Gasteiger charge is 2.46. The van der Waals surface area contributed by atoms with Gasteiger partial charge in [0.05, 0.1) is 5.54 Å². The molecule has 2 nitrogen and oxygen atoms in total. The van der Waals surface area contributed by atoms with Crippen LogP contribution in [0.3, 0.4) is 0 Å². The van der Waals surface area contributed by atoms with E-state index in [1.54, 1.807) is 0 Å². The number of phenols is 1. The number of phenolic OH excluding ortho intramolecular Hbond substituents is 1. The Labute approximate surface area is 138 Å². The Hall–Kier alpha value is -1.51. The Balaban J connectivity index is 0.00000144. The molecule has 0 bridgehead atoms. The summed E-state index contributed by atoms with van der Waals surface area (Å²) in [6.07, 6.45) is 4.78. The quantitative estimate of drug-likeness (QED) is 0.786. The summed E-state index contributed by atoms with van der Waals surface area (Å²) in [5, 5.41) is 10.00. The molecular formula is C19H22ClNO. The van der Waals surface area contributed by atoms with Gasteiger partial charge in [-0.15, -0.1) is 12.4 Å². The molecule has 4 rings (SSSR count). The van der Waals surface area contributed by atoms with Crippen molar-refractivity contribution >= 4 is 12.4 Å². The van der Waals surface area contributed by atoms with Crippen LogP contribution in [0.2, 0.25) is 0 Å². The van der Waals surface area contributed by atoms with Crippen LogP contribution in [-0.2, 0) is 18.5 Å². The van der Waals surface area contributed by atoms with Crippen LogP contribution >= 0.6 is 12.4 Å². The maximum absolute atomic E-state index is 10.00. The lowest BCUT2D eigenvalue weighted by atomic mass is 9.78. The second kappa shape index (κ2) is 5.60. The second-order valence-corrected chi connectivity index (χ2v) is 6.42. The lowest BCUT2D eigenvalue weighted by molar-refractivity contribution is 0.167. The number of hydrogen-bond donors (Lipinski definition) is 1. The first-order valence-electron chi connectivity index (χ1n) is 7.84. The molecule has 0 saturated carbocycles. The van der Waals surface area contributed by atoms with Crippen molar-refractivity contribution in [3.8, 4) is 5.75 Å². The van der Waals surface area contributed by atoms with Crippen LogP contribution in [0.25, 0.3) is 0 Å². The van der Waals surface area contributed by atoms with Crippen LogP contribution in [0, 0.1) is 0 Å². The summed E-state index contributed by atoms with van der Waals surface area (Å²) < 4.78 is 0. The molecule has 2 aromatic carbocycles. The minimum absolute atomic E-state index is 0. The van der Waals surface area contributed by atoms with Gasteiger partial charge < -0.3 is 5.11 Å². The third-order valence-electron chi connectivity index (χ3n) is 5.30. The van der Waals surface area contributed by atoms with Crippen molar-refractivity contribution in [2.75, 3.05) is 7.05 Å². The van der Waals surface area contributed by atoms with E-state index in [0.717, 1.165) is 13.0 Å². The summed E-state index contributed by atoms with van der Waals surface area (Å²) in [5.41, 5.74) is 5.51. The molecule has 1 spiro atoms. The molecular weight excluding hydrogens is 294 g/mol. The van der Waals surface area contributed by atoms with Crippen LogP contribution in [0.1, 0.15) is 41.5 Å². The molecule has 1 aliphatic heterocycles. The van der Waals surface area contributed by atoms with E-state index in [-0.39, 0.29) is 17.9 Å². The highest BCUT2D eigenvalue weighted by atomic mass is 35.5. The Morgan fingerprint density at radius 2 is 1.82 bits per heavy atom. The van der Waals surface area contributed by atoms with Crippen molar-refractivity contribution in [2.24, 2.45) is 0 Å². The van der Waals surface area contributed by atoms with Crippen LogP contribution in [0.4, 0.5) is 0 Å². The molecule has 116 valence electrons. The van der Waals surface area contributed by atoms with E-state index >= 15 is 0 Å². The number of nitrogens with zero attached hydrogens (tertiary/aromatic N) is 1. The summed E-state index contributed by atoms with van der Waals surface area (Å²) in [6.45, 7) is 0.962. The first kappa shape index (κ1) is 15.4. The van der Waals surface area contributed by atoms with Crippen LogP contribution in [-0.4, -0.2) is 17.1 Å². The highest BCUT2D eigenvalue weighted by molar-refractivity contribution is 5.85. The summed E-state index contributed by atoms with van der Waals surface area (Å²) >= 11 is 0. The second-order valence-electron chi connectivity index (χ2n) is 6.42. The number of rotatable bonds is 0. The lowest BCUT2D eigenvalue weighted by Gasteiger charge is -2.38. The fraction of sp³-hybridized carbons (Fsp3) is 0.368. The Kier molecular flexibility index (Phi) is 3.92. The molecule has 1 N–H and O–H groups in total. The number of fused-ring (bicyclic) bond motifs is 4. The number of hydrogen-bond acceptors (Lipinski definition) is 2. The van der Waals surface area contributed by atoms with Crippen molar-refractivity contribution in [1.82, 2.24) is 4.90 Å². The van der Waals surface area contributed by atoms with Crippen molar-refractivity contribution < 1.29 is 5.11 Å². The van der Waals surface area contributed by atoms with Crippen molar-refractivity contribution in [2.45, 2.75) is 37.8 Å². The SMILES string of the molecule is CN1Cc2ccc(O)cc2C12CCCCc1ccccc12.Cl. The van der Waals surface area contributed by atoms with Gasteiger partial charge in [0.25, 0.3) is 0 Å². The first-order chi connectivity index (χ1) is 10.2. The van der Waals surface area contributed by atoms with E-state index in [2.05, 4.69) is 42.3 Å². The molecule has 1 heterocycles. The van der Waals surface area contributed by atoms with E-state index in [0.29, 0.717) is 5.75 Å². The number of benzene rings is 2. The predicted octanol–water partition coefficient (Wildman–Crippen LogP) is 4.23. The summed E-state index contributed by atoms with van der Waals surface area (Å²) in [6, 6.07) is 14.8. The average Bonchev–Trinajstić information content (AvgIpc) is 2.66. The van der Waals surface area contributed by atoms with Gasteiger partial charge in [0.2, 0.25) is 0 Å². The number of halogens is 1. The molecule has 0 radical (unpaired) electrons. The maximum atomic E-state index is 10.00. The zero-order valence-electron chi connectivity index (χ0n) is 12.9. The zero-order chi connectivity index (χ0) is 14.4. The topological polar surface area (TPSA) is 23.5 Å². The Morgan fingerprint density at radius 3 is 2.68 bits per heavy atom. The van der Waals surface area contributed by atoms with Gasteiger partial charge in [-0.25, -0.2) is 0 Å². The van der Waals surface area contributed by atoms with Crippen molar-refractivity contribution in [3.05, 3.63) is 64.7 Å². The van der Waals surface area contributed by atoms with E-state index in [9.17, 15) is 5.11 Å². The van der Waals surface area contributed by atoms with Gasteiger partial charge in [0.1, 0.15) is 5.75 Å². The number of aromatic hydroxyl groups is 1. The van der Waals surface area contributed by atoms with Gasteiger partial charge >= 0.3 is 0 Å². The highest BCUT2D eigenvalue weighted by Crippen LogP contribution is 2.50. The summed E-state index contributed by atoms with van der Waals surface area (Å²) in [5.74, 6) is 0.380. The summed E-state index contributed by atoms with van der Waals surface area (Å²) in [7, 11) is 2.22. The first-order valence-corrected chi connectivity index (χ1v) is 7.84. The van der Waals surface area contributed by atoms with Gasteiger partial charge in [0, 0.05) is 6.54 Å². The van der Waals surface area contributed by atoms with E-state index in [1.165, 1.54) is 41.5 Å². The molecule has 1 unspecified atom stereocenters. The molecule has 1 atom stereocenters. The maximum Gasteiger partial charge on any atom is 0.115 e. The molecule has 0 aromatic heterocycles. The molecule has 0 amide bonds. The van der Waals surface area contributed by atoms with Crippen molar-refractivity contribution in [3.63, 3.8) is 0 Å². The molecule has 2 aromatic rings. The van der Waals surface area contributed by atoms with E-state index in [1.807, 2.05) is 12.1 Å². The normalized spacial score (nSPS) is 23.5. The van der Waals surface area contributed by atoms with Gasteiger partial charge in [-0.2, -0.15) is 0 Å². The van der Waals surface area contributed by atoms with E-state index < -0.39 is 0 Å². The fourth-order valence-corrected chi connectivity index (χ4v) is 4.33. The van der Waals surface area contributed by atoms with Gasteiger partial charge in [0.15, 0.2) is 0 Å². The predicted molar refractivity (Wildman–Crippen MR) is 91.6 cm³/mol. The molecule has 1 aliphatic carbocycles. The molecule has 2 aliphatic rings. The molecule has 0 saturated heterocycles. The number of aryl methyl sites for hydroxylation is 1. The van der Waals surface area contributed by atoms with Crippen LogP contribution in [0.15, 0.2) is 42.5 Å². The average molecular weight is 316 g/mol. The lowest BCUT2D eigenvalue weighted by Crippen LogP contribution is -2.39. The minimum atomic E-state index is -0.0544. The summed E-state index contributed by atoms with van der Waals surface area (Å²) in [4.78, 5) is 2.47. The fourth-order valence-electron chi connectivity index (χ4n) is 4.33. The van der Waals surface area contributed by atoms with Gasteiger partial charge in [-0.1, -0.05) is 36.8 Å². The largest absolute Gasteiger partial charge is 0.508 e. The monoisotopic (exact) mass is 315 g/mol. The standard InChI is InChI=1S/C19H21NO.ClH/c1-20-13-15-9-10-16(21)12-18(15)19(20)11-5-4-7-14-6-2-3-8-17(14)19;/h2-3,6,8-10,12,21H,4-5,7,11,13H2,1H3;1H. The van der Waals surface area contributed by atoms with E-state index in [4.69, 9.17) is 0 Å². The van der Waals surface area contributed by atoms with Crippen LogP contribution < -0.4 is 0 Å². The van der Waals surface area contributed by atoms with Gasteiger partial charge in [-0.3, -0.25) is 4.90 Å². The molecule has 0 fully saturated rings. The zero-order valence-corrected chi connectivity index (χ0v) is 13.7. The van der Waals surface area contributed by atoms with Crippen LogP contribution in [0.5, 0.6) is 5.75 Å². The third-order valence-corrected chi connectivity index (χ3v) is 5.30. The molecule has 22 heavy (non-hydrogen) atoms. The Morgan fingerprint density at radius 1 is 1.00 bits per heavy atom. The third kappa shape index (κ3) is 2.05. The van der Waals surface area contributed by atoms with Crippen molar-refractivity contribution in [1.29, 1.82) is 0 Å². The minimum Gasteiger partial charge on any atom is -0.508 e.